The zero-order chi connectivity index (χ0) is 13.9. The Bertz CT molecular complexity index is 705. The summed E-state index contributed by atoms with van der Waals surface area (Å²) < 4.78 is 0. The topological polar surface area (TPSA) is 27.8 Å². The number of rotatable bonds is 4. The molecule has 0 spiro atoms. The molecule has 102 valence electrons. The van der Waals surface area contributed by atoms with E-state index < -0.39 is 0 Å². The maximum absolute atomic E-state index is 3.57. The number of anilines is 1. The van der Waals surface area contributed by atoms with Crippen molar-refractivity contribution >= 4 is 16.6 Å². The van der Waals surface area contributed by atoms with Gasteiger partial charge in [0.2, 0.25) is 0 Å². The Labute approximate surface area is 119 Å². The summed E-state index contributed by atoms with van der Waals surface area (Å²) in [6, 6.07) is 14.9. The molecule has 0 saturated heterocycles. The monoisotopic (exact) mass is 264 g/mol. The van der Waals surface area contributed by atoms with Gasteiger partial charge in [-0.1, -0.05) is 36.4 Å². The van der Waals surface area contributed by atoms with Gasteiger partial charge in [-0.3, -0.25) is 0 Å². The Kier molecular flexibility index (Phi) is 3.46. The predicted molar refractivity (Wildman–Crippen MR) is 86.4 cm³/mol. The molecule has 0 atom stereocenters. The average Bonchev–Trinajstić information content (AvgIpc) is 2.86. The smallest absolute Gasteiger partial charge is 0.0456 e. The molecule has 0 unspecified atom stereocenters. The zero-order valence-electron chi connectivity index (χ0n) is 12.0. The number of hydrogen-bond donors (Lipinski definition) is 2. The summed E-state index contributed by atoms with van der Waals surface area (Å²) in [7, 11) is 0. The molecule has 2 nitrogen and oxygen atoms in total. The van der Waals surface area contributed by atoms with Crippen LogP contribution in [0.3, 0.4) is 0 Å². The van der Waals surface area contributed by atoms with E-state index in [9.17, 15) is 0 Å². The maximum Gasteiger partial charge on any atom is 0.0456 e. The van der Waals surface area contributed by atoms with Crippen LogP contribution in [0, 0.1) is 13.8 Å². The molecule has 2 aromatic carbocycles. The van der Waals surface area contributed by atoms with Crippen LogP contribution in [-0.2, 0) is 6.42 Å². The standard InChI is InChI=1S/C18H20N2/c1-13-6-5-7-14(2)18(13)19-11-10-15-12-20-17-9-4-3-8-16(15)17/h3-9,12,19-20H,10-11H2,1-2H3. The van der Waals surface area contributed by atoms with E-state index in [2.05, 4.69) is 72.8 Å². The van der Waals surface area contributed by atoms with Gasteiger partial charge in [0.1, 0.15) is 0 Å². The molecule has 3 rings (SSSR count). The van der Waals surface area contributed by atoms with Crippen LogP contribution in [0.25, 0.3) is 10.9 Å². The highest BCUT2D eigenvalue weighted by Crippen LogP contribution is 2.21. The SMILES string of the molecule is Cc1cccc(C)c1NCCc1c[nH]c2ccccc12. The summed E-state index contributed by atoms with van der Waals surface area (Å²) in [4.78, 5) is 3.33. The number of aromatic amines is 1. The van der Waals surface area contributed by atoms with Crippen LogP contribution in [0.2, 0.25) is 0 Å². The van der Waals surface area contributed by atoms with Crippen molar-refractivity contribution in [2.45, 2.75) is 20.3 Å². The van der Waals surface area contributed by atoms with Crippen molar-refractivity contribution in [3.8, 4) is 0 Å². The minimum atomic E-state index is 0.952. The van der Waals surface area contributed by atoms with E-state index in [0.29, 0.717) is 0 Å². The van der Waals surface area contributed by atoms with Crippen molar-refractivity contribution in [2.75, 3.05) is 11.9 Å². The summed E-state index contributed by atoms with van der Waals surface area (Å²) in [5, 5.41) is 4.90. The van der Waals surface area contributed by atoms with Crippen LogP contribution in [0.15, 0.2) is 48.7 Å². The Morgan fingerprint density at radius 3 is 2.50 bits per heavy atom. The van der Waals surface area contributed by atoms with Gasteiger partial charge in [0.15, 0.2) is 0 Å². The van der Waals surface area contributed by atoms with Crippen LogP contribution < -0.4 is 5.32 Å². The van der Waals surface area contributed by atoms with Gasteiger partial charge in [-0.25, -0.2) is 0 Å². The normalized spacial score (nSPS) is 10.9. The molecule has 0 amide bonds. The number of nitrogens with one attached hydrogen (secondary N) is 2. The third kappa shape index (κ3) is 2.42. The molecule has 2 N–H and O–H groups in total. The van der Waals surface area contributed by atoms with Crippen molar-refractivity contribution in [3.05, 3.63) is 65.4 Å². The van der Waals surface area contributed by atoms with Crippen molar-refractivity contribution in [3.63, 3.8) is 0 Å². The molecule has 0 aliphatic rings. The molecule has 20 heavy (non-hydrogen) atoms. The molecule has 1 heterocycles. The quantitative estimate of drug-likeness (QED) is 0.716. The minimum Gasteiger partial charge on any atom is -0.384 e. The Morgan fingerprint density at radius 1 is 0.950 bits per heavy atom. The fourth-order valence-electron chi connectivity index (χ4n) is 2.75. The number of hydrogen-bond acceptors (Lipinski definition) is 1. The van der Waals surface area contributed by atoms with Crippen LogP contribution in [0.1, 0.15) is 16.7 Å². The summed E-state index contributed by atoms with van der Waals surface area (Å²) in [5.41, 5.74) is 6.48. The molecule has 0 aliphatic heterocycles. The van der Waals surface area contributed by atoms with Gasteiger partial charge in [-0.2, -0.15) is 0 Å². The Balaban J connectivity index is 1.71. The summed E-state index contributed by atoms with van der Waals surface area (Å²) in [6.07, 6.45) is 3.15. The van der Waals surface area contributed by atoms with Gasteiger partial charge in [0.25, 0.3) is 0 Å². The average molecular weight is 264 g/mol. The van der Waals surface area contributed by atoms with E-state index in [1.165, 1.54) is 33.3 Å². The van der Waals surface area contributed by atoms with Crippen molar-refractivity contribution in [1.82, 2.24) is 4.98 Å². The Hall–Kier alpha value is -2.22. The van der Waals surface area contributed by atoms with E-state index in [1.54, 1.807) is 0 Å². The van der Waals surface area contributed by atoms with E-state index in [4.69, 9.17) is 0 Å². The predicted octanol–water partition coefficient (Wildman–Crippen LogP) is 4.44. The van der Waals surface area contributed by atoms with Gasteiger partial charge in [-0.05, 0) is 43.0 Å². The van der Waals surface area contributed by atoms with E-state index in [-0.39, 0.29) is 0 Å². The lowest BCUT2D eigenvalue weighted by Gasteiger charge is -2.12. The van der Waals surface area contributed by atoms with Gasteiger partial charge < -0.3 is 10.3 Å². The van der Waals surface area contributed by atoms with Gasteiger partial charge in [0.05, 0.1) is 0 Å². The van der Waals surface area contributed by atoms with E-state index >= 15 is 0 Å². The summed E-state index contributed by atoms with van der Waals surface area (Å²) in [6.45, 7) is 5.26. The fourth-order valence-corrected chi connectivity index (χ4v) is 2.75. The number of benzene rings is 2. The molecule has 0 saturated carbocycles. The van der Waals surface area contributed by atoms with E-state index in [0.717, 1.165) is 13.0 Å². The summed E-state index contributed by atoms with van der Waals surface area (Å²) >= 11 is 0. The molecular weight excluding hydrogens is 244 g/mol. The van der Waals surface area contributed by atoms with Gasteiger partial charge >= 0.3 is 0 Å². The molecular formula is C18H20N2. The molecule has 0 radical (unpaired) electrons. The number of aryl methyl sites for hydroxylation is 2. The molecule has 0 aliphatic carbocycles. The highest BCUT2D eigenvalue weighted by molar-refractivity contribution is 5.83. The second-order valence-corrected chi connectivity index (χ2v) is 5.30. The maximum atomic E-state index is 3.57. The van der Waals surface area contributed by atoms with E-state index in [1.807, 2.05) is 0 Å². The first-order chi connectivity index (χ1) is 9.75. The zero-order valence-corrected chi connectivity index (χ0v) is 12.0. The highest BCUT2D eigenvalue weighted by Gasteiger charge is 2.04. The fraction of sp³-hybridized carbons (Fsp3) is 0.222. The van der Waals surface area contributed by atoms with Crippen LogP contribution in [0.5, 0.6) is 0 Å². The van der Waals surface area contributed by atoms with Gasteiger partial charge in [0, 0.05) is 29.3 Å². The molecule has 3 aromatic rings. The first-order valence-corrected chi connectivity index (χ1v) is 7.11. The molecule has 0 fully saturated rings. The third-order valence-corrected chi connectivity index (χ3v) is 3.85. The second kappa shape index (κ2) is 5.41. The van der Waals surface area contributed by atoms with Crippen molar-refractivity contribution in [2.24, 2.45) is 0 Å². The lowest BCUT2D eigenvalue weighted by atomic mass is 10.1. The van der Waals surface area contributed by atoms with Gasteiger partial charge in [-0.15, -0.1) is 0 Å². The lowest BCUT2D eigenvalue weighted by molar-refractivity contribution is 1.02. The Morgan fingerprint density at radius 2 is 1.70 bits per heavy atom. The second-order valence-electron chi connectivity index (χ2n) is 5.30. The lowest BCUT2D eigenvalue weighted by Crippen LogP contribution is -2.07. The van der Waals surface area contributed by atoms with Crippen molar-refractivity contribution < 1.29 is 0 Å². The van der Waals surface area contributed by atoms with Crippen LogP contribution in [0.4, 0.5) is 5.69 Å². The highest BCUT2D eigenvalue weighted by atomic mass is 14.9. The number of fused-ring (bicyclic) bond motifs is 1. The molecule has 2 heteroatoms. The summed E-state index contributed by atoms with van der Waals surface area (Å²) in [5.74, 6) is 0. The van der Waals surface area contributed by atoms with Crippen LogP contribution >= 0.6 is 0 Å². The number of H-pyrrole nitrogens is 1. The number of para-hydroxylation sites is 2. The molecule has 0 bridgehead atoms. The number of aromatic nitrogens is 1. The third-order valence-electron chi connectivity index (χ3n) is 3.85. The van der Waals surface area contributed by atoms with Crippen LogP contribution in [-0.4, -0.2) is 11.5 Å². The molecule has 1 aromatic heterocycles. The van der Waals surface area contributed by atoms with Crippen molar-refractivity contribution in [1.29, 1.82) is 0 Å². The first kappa shape index (κ1) is 12.8. The largest absolute Gasteiger partial charge is 0.384 e. The first-order valence-electron chi connectivity index (χ1n) is 7.11. The minimum absolute atomic E-state index is 0.952.